The normalized spacial score (nSPS) is 11.5. The van der Waals surface area contributed by atoms with Crippen molar-refractivity contribution >= 4 is 27.2 Å². The van der Waals surface area contributed by atoms with Crippen molar-refractivity contribution in [2.75, 3.05) is 16.8 Å². The Labute approximate surface area is 181 Å². The van der Waals surface area contributed by atoms with Gasteiger partial charge in [0.15, 0.2) is 9.84 Å². The Morgan fingerprint density at radius 2 is 1.58 bits per heavy atom. The number of rotatable bonds is 8. The van der Waals surface area contributed by atoms with Crippen LogP contribution in [0.4, 0.5) is 5.82 Å². The minimum atomic E-state index is -3.53. The number of benzene rings is 2. The van der Waals surface area contributed by atoms with Gasteiger partial charge >= 0.3 is 0 Å². The third kappa shape index (κ3) is 5.19. The summed E-state index contributed by atoms with van der Waals surface area (Å²) < 4.78 is 26.7. The van der Waals surface area contributed by atoms with Crippen molar-refractivity contribution < 1.29 is 13.2 Å². The lowest BCUT2D eigenvalue weighted by atomic mass is 10.1. The van der Waals surface area contributed by atoms with Gasteiger partial charge in [0.25, 0.3) is 0 Å². The van der Waals surface area contributed by atoms with Crippen LogP contribution in [0.15, 0.2) is 85.1 Å². The molecule has 1 N–H and O–H groups in total. The number of amides is 1. The van der Waals surface area contributed by atoms with Crippen molar-refractivity contribution in [2.24, 2.45) is 0 Å². The average Bonchev–Trinajstić information content (AvgIpc) is 3.13. The van der Waals surface area contributed by atoms with Gasteiger partial charge in [-0.15, -0.1) is 0 Å². The minimum Gasteiger partial charge on any atom is -0.309 e. The van der Waals surface area contributed by atoms with Crippen LogP contribution < -0.4 is 5.32 Å². The monoisotopic (exact) mass is 433 g/mol. The summed E-state index contributed by atoms with van der Waals surface area (Å²) in [6.07, 6.45) is 2.93. The fraction of sp³-hybridized carbons (Fsp3) is 0.167. The zero-order valence-corrected chi connectivity index (χ0v) is 17.8. The Hall–Kier alpha value is -3.45. The number of aromatic nitrogens is 2. The van der Waals surface area contributed by atoms with E-state index >= 15 is 0 Å². The molecule has 6 nitrogen and oxygen atoms in total. The highest BCUT2D eigenvalue weighted by atomic mass is 32.2. The van der Waals surface area contributed by atoms with Gasteiger partial charge in [0, 0.05) is 11.8 Å². The molecule has 7 heteroatoms. The van der Waals surface area contributed by atoms with Gasteiger partial charge in [-0.05, 0) is 30.5 Å². The van der Waals surface area contributed by atoms with E-state index in [2.05, 4.69) is 10.3 Å². The highest BCUT2D eigenvalue weighted by molar-refractivity contribution is 7.92. The molecular formula is C24H23N3O3S. The number of aryl methyl sites for hydroxylation is 1. The van der Waals surface area contributed by atoms with Gasteiger partial charge in [0.1, 0.15) is 22.9 Å². The van der Waals surface area contributed by atoms with Crippen molar-refractivity contribution in [2.45, 2.75) is 12.8 Å². The predicted octanol–water partition coefficient (Wildman–Crippen LogP) is 3.99. The number of sulfone groups is 1. The van der Waals surface area contributed by atoms with Crippen LogP contribution >= 0.6 is 0 Å². The summed E-state index contributed by atoms with van der Waals surface area (Å²) in [5.74, 6) is -0.696. The molecule has 31 heavy (non-hydrogen) atoms. The molecule has 0 aliphatic carbocycles. The minimum absolute atomic E-state index is 0.0337. The lowest BCUT2D eigenvalue weighted by Crippen LogP contribution is -2.25. The first-order valence-electron chi connectivity index (χ1n) is 10.1. The number of imidazole rings is 1. The number of nitrogens with zero attached hydrogens (tertiary/aromatic N) is 2. The van der Waals surface area contributed by atoms with Crippen LogP contribution in [0.5, 0.6) is 0 Å². The molecule has 0 aliphatic heterocycles. The lowest BCUT2D eigenvalue weighted by Gasteiger charge is -2.09. The topological polar surface area (TPSA) is 80.5 Å². The molecule has 0 unspecified atom stereocenters. The molecular weight excluding hydrogens is 410 g/mol. The number of fused-ring (bicyclic) bond motifs is 1. The first kappa shape index (κ1) is 20.8. The average molecular weight is 434 g/mol. The van der Waals surface area contributed by atoms with Crippen LogP contribution in [-0.4, -0.2) is 35.2 Å². The van der Waals surface area contributed by atoms with Crippen molar-refractivity contribution in [3.8, 4) is 11.3 Å². The van der Waals surface area contributed by atoms with E-state index in [9.17, 15) is 13.2 Å². The first-order chi connectivity index (χ1) is 15.0. The number of hydrogen-bond donors (Lipinski definition) is 1. The summed E-state index contributed by atoms with van der Waals surface area (Å²) in [6, 6.07) is 24.7. The van der Waals surface area contributed by atoms with Crippen LogP contribution in [0.25, 0.3) is 16.9 Å². The lowest BCUT2D eigenvalue weighted by molar-refractivity contribution is -0.113. The molecule has 0 bridgehead atoms. The van der Waals surface area contributed by atoms with E-state index in [1.54, 1.807) is 10.6 Å². The summed E-state index contributed by atoms with van der Waals surface area (Å²) in [7, 11) is -3.53. The van der Waals surface area contributed by atoms with Gasteiger partial charge in [0.2, 0.25) is 5.91 Å². The summed E-state index contributed by atoms with van der Waals surface area (Å²) in [5.41, 5.74) is 3.19. The van der Waals surface area contributed by atoms with Crippen LogP contribution in [0.3, 0.4) is 0 Å². The predicted molar refractivity (Wildman–Crippen MR) is 123 cm³/mol. The number of carbonyl (C=O) groups excluding carboxylic acids is 1. The maximum atomic E-state index is 12.7. The molecule has 0 spiro atoms. The van der Waals surface area contributed by atoms with Gasteiger partial charge in [-0.2, -0.15) is 0 Å². The standard InChI is InChI=1S/C24H23N3O3S/c28-22(18-31(29,30)17-9-12-19-10-3-1-4-11-19)26-24-23(20-13-5-2-6-14-20)25-21-15-7-8-16-27(21)24/h1-8,10-11,13-16H,9,12,17-18H2,(H,26,28). The maximum absolute atomic E-state index is 12.7. The molecule has 158 valence electrons. The Kier molecular flexibility index (Phi) is 6.13. The number of nitrogens with one attached hydrogen (secondary N) is 1. The Balaban J connectivity index is 1.48. The quantitative estimate of drug-likeness (QED) is 0.456. The number of hydrogen-bond acceptors (Lipinski definition) is 4. The van der Waals surface area contributed by atoms with E-state index in [1.165, 1.54) is 0 Å². The molecule has 0 aliphatic rings. The van der Waals surface area contributed by atoms with Gasteiger partial charge in [-0.1, -0.05) is 66.7 Å². The molecule has 2 aromatic heterocycles. The summed E-state index contributed by atoms with van der Waals surface area (Å²) in [5, 5.41) is 2.78. The zero-order valence-electron chi connectivity index (χ0n) is 16.9. The smallest absolute Gasteiger partial charge is 0.240 e. The molecule has 2 aromatic carbocycles. The highest BCUT2D eigenvalue weighted by Crippen LogP contribution is 2.28. The molecule has 2 heterocycles. The van der Waals surface area contributed by atoms with Crippen LogP contribution in [-0.2, 0) is 21.1 Å². The van der Waals surface area contributed by atoms with E-state index < -0.39 is 21.5 Å². The Morgan fingerprint density at radius 1 is 0.903 bits per heavy atom. The fourth-order valence-electron chi connectivity index (χ4n) is 3.49. The summed E-state index contributed by atoms with van der Waals surface area (Å²) >= 11 is 0. The fourth-order valence-corrected chi connectivity index (χ4v) is 4.69. The van der Waals surface area contributed by atoms with E-state index in [1.807, 2.05) is 78.9 Å². The van der Waals surface area contributed by atoms with Crippen molar-refractivity contribution in [3.63, 3.8) is 0 Å². The summed E-state index contributed by atoms with van der Waals surface area (Å²) in [6.45, 7) is 0. The second-order valence-electron chi connectivity index (χ2n) is 7.33. The van der Waals surface area contributed by atoms with Gasteiger partial charge in [0.05, 0.1) is 5.75 Å². The second-order valence-corrected chi connectivity index (χ2v) is 9.52. The molecule has 0 atom stereocenters. The molecule has 0 fully saturated rings. The largest absolute Gasteiger partial charge is 0.309 e. The van der Waals surface area contributed by atoms with Crippen molar-refractivity contribution in [1.82, 2.24) is 9.38 Å². The zero-order chi connectivity index (χ0) is 21.7. The van der Waals surface area contributed by atoms with E-state index in [0.29, 0.717) is 30.0 Å². The molecule has 0 saturated heterocycles. The van der Waals surface area contributed by atoms with Crippen LogP contribution in [0.1, 0.15) is 12.0 Å². The van der Waals surface area contributed by atoms with Gasteiger partial charge in [-0.3, -0.25) is 9.20 Å². The SMILES string of the molecule is O=C(CS(=O)(=O)CCCc1ccccc1)Nc1c(-c2ccccc2)nc2ccccn12. The van der Waals surface area contributed by atoms with Crippen LogP contribution in [0.2, 0.25) is 0 Å². The first-order valence-corrected chi connectivity index (χ1v) is 11.9. The van der Waals surface area contributed by atoms with E-state index in [0.717, 1.165) is 11.1 Å². The van der Waals surface area contributed by atoms with Crippen molar-refractivity contribution in [3.05, 3.63) is 90.6 Å². The van der Waals surface area contributed by atoms with Crippen molar-refractivity contribution in [1.29, 1.82) is 0 Å². The van der Waals surface area contributed by atoms with E-state index in [4.69, 9.17) is 0 Å². The number of anilines is 1. The molecule has 4 aromatic rings. The Morgan fingerprint density at radius 3 is 2.32 bits per heavy atom. The highest BCUT2D eigenvalue weighted by Gasteiger charge is 2.20. The Bertz CT molecular complexity index is 1280. The van der Waals surface area contributed by atoms with Gasteiger partial charge < -0.3 is 5.32 Å². The molecule has 1 amide bonds. The molecule has 0 radical (unpaired) electrons. The third-order valence-electron chi connectivity index (χ3n) is 4.95. The number of carbonyl (C=O) groups is 1. The second kappa shape index (κ2) is 9.14. The molecule has 4 rings (SSSR count). The van der Waals surface area contributed by atoms with E-state index in [-0.39, 0.29) is 5.75 Å². The molecule has 0 saturated carbocycles. The maximum Gasteiger partial charge on any atom is 0.240 e. The number of pyridine rings is 1. The van der Waals surface area contributed by atoms with Crippen LogP contribution in [0, 0.1) is 0 Å². The summed E-state index contributed by atoms with van der Waals surface area (Å²) in [4.78, 5) is 17.3. The third-order valence-corrected chi connectivity index (χ3v) is 6.56. The van der Waals surface area contributed by atoms with Gasteiger partial charge in [-0.25, -0.2) is 13.4 Å².